The number of amides is 1. The van der Waals surface area contributed by atoms with Gasteiger partial charge in [-0.3, -0.25) is 4.79 Å². The quantitative estimate of drug-likeness (QED) is 0.835. The third-order valence-corrected chi connectivity index (χ3v) is 3.77. The van der Waals surface area contributed by atoms with Crippen LogP contribution in [0.1, 0.15) is 27.6 Å². The van der Waals surface area contributed by atoms with E-state index in [1.165, 1.54) is 0 Å². The second kappa shape index (κ2) is 5.23. The van der Waals surface area contributed by atoms with Crippen LogP contribution in [0.4, 0.5) is 5.82 Å². The van der Waals surface area contributed by atoms with Crippen LogP contribution in [0.15, 0.2) is 15.1 Å². The molecule has 1 saturated heterocycles. The summed E-state index contributed by atoms with van der Waals surface area (Å²) in [5, 5.41) is 7.69. The zero-order valence-electron chi connectivity index (χ0n) is 12.4. The van der Waals surface area contributed by atoms with E-state index < -0.39 is 0 Å². The van der Waals surface area contributed by atoms with Crippen molar-refractivity contribution in [1.29, 1.82) is 0 Å². The van der Waals surface area contributed by atoms with Crippen molar-refractivity contribution in [2.24, 2.45) is 0 Å². The van der Waals surface area contributed by atoms with Gasteiger partial charge in [0, 0.05) is 26.2 Å². The average Bonchev–Trinajstić information content (AvgIpc) is 3.04. The summed E-state index contributed by atoms with van der Waals surface area (Å²) in [5.41, 5.74) is 1.43. The van der Waals surface area contributed by atoms with E-state index in [9.17, 15) is 4.79 Å². The first-order chi connectivity index (χ1) is 10.1. The minimum Gasteiger partial charge on any atom is -0.466 e. The first kappa shape index (κ1) is 13.7. The summed E-state index contributed by atoms with van der Waals surface area (Å²) in [4.78, 5) is 16.4. The molecule has 1 fully saturated rings. The highest BCUT2D eigenvalue weighted by Crippen LogP contribution is 2.20. The summed E-state index contributed by atoms with van der Waals surface area (Å²) in [6.07, 6.45) is 0. The number of aryl methyl sites for hydroxylation is 3. The molecule has 0 unspecified atom stereocenters. The van der Waals surface area contributed by atoms with E-state index in [2.05, 4.69) is 15.2 Å². The summed E-state index contributed by atoms with van der Waals surface area (Å²) in [5.74, 6) is 2.23. The van der Waals surface area contributed by atoms with E-state index in [0.717, 1.165) is 30.4 Å². The molecule has 1 amide bonds. The standard InChI is InChI=1S/C14H18N4O3/c1-9-8-12(11(3)20-9)14(19)18-6-4-17(5-7-18)13-10(2)15-21-16-13/h8H,4-7H2,1-3H3. The highest BCUT2D eigenvalue weighted by atomic mass is 16.6. The van der Waals surface area contributed by atoms with Crippen LogP contribution in [0.3, 0.4) is 0 Å². The van der Waals surface area contributed by atoms with Crippen molar-refractivity contribution < 1.29 is 13.8 Å². The molecule has 7 heteroatoms. The number of anilines is 1. The average molecular weight is 290 g/mol. The predicted molar refractivity (Wildman–Crippen MR) is 75.3 cm³/mol. The smallest absolute Gasteiger partial charge is 0.257 e. The van der Waals surface area contributed by atoms with Crippen LogP contribution in [0, 0.1) is 20.8 Å². The Morgan fingerprint density at radius 2 is 1.86 bits per heavy atom. The molecule has 0 atom stereocenters. The Morgan fingerprint density at radius 3 is 2.38 bits per heavy atom. The van der Waals surface area contributed by atoms with Crippen molar-refractivity contribution >= 4 is 11.7 Å². The molecule has 0 aliphatic carbocycles. The molecule has 0 saturated carbocycles. The van der Waals surface area contributed by atoms with Gasteiger partial charge < -0.3 is 14.2 Å². The highest BCUT2D eigenvalue weighted by molar-refractivity contribution is 5.95. The third-order valence-electron chi connectivity index (χ3n) is 3.77. The maximum atomic E-state index is 12.5. The molecule has 3 rings (SSSR count). The monoisotopic (exact) mass is 290 g/mol. The lowest BCUT2D eigenvalue weighted by Gasteiger charge is -2.34. The van der Waals surface area contributed by atoms with E-state index in [0.29, 0.717) is 24.4 Å². The summed E-state index contributed by atoms with van der Waals surface area (Å²) in [6.45, 7) is 8.26. The molecule has 1 aliphatic rings. The summed E-state index contributed by atoms with van der Waals surface area (Å²) in [6, 6.07) is 1.80. The lowest BCUT2D eigenvalue weighted by molar-refractivity contribution is 0.0744. The van der Waals surface area contributed by atoms with Crippen LogP contribution in [-0.2, 0) is 0 Å². The maximum Gasteiger partial charge on any atom is 0.257 e. The van der Waals surface area contributed by atoms with Crippen LogP contribution in [0.5, 0.6) is 0 Å². The van der Waals surface area contributed by atoms with Crippen LogP contribution >= 0.6 is 0 Å². The number of furan rings is 1. The van der Waals surface area contributed by atoms with E-state index in [1.54, 1.807) is 6.07 Å². The second-order valence-corrected chi connectivity index (χ2v) is 5.28. The van der Waals surface area contributed by atoms with Crippen molar-refractivity contribution in [3.8, 4) is 0 Å². The number of piperazine rings is 1. The van der Waals surface area contributed by atoms with Gasteiger partial charge >= 0.3 is 0 Å². The normalized spacial score (nSPS) is 15.6. The van der Waals surface area contributed by atoms with E-state index in [1.807, 2.05) is 25.7 Å². The largest absolute Gasteiger partial charge is 0.466 e. The van der Waals surface area contributed by atoms with Crippen LogP contribution in [0.2, 0.25) is 0 Å². The van der Waals surface area contributed by atoms with Gasteiger partial charge in [0.1, 0.15) is 17.2 Å². The Hall–Kier alpha value is -2.31. The molecule has 2 aromatic rings. The zero-order chi connectivity index (χ0) is 15.0. The Morgan fingerprint density at radius 1 is 1.14 bits per heavy atom. The molecule has 0 spiro atoms. The van der Waals surface area contributed by atoms with E-state index >= 15 is 0 Å². The molecular formula is C14H18N4O3. The minimum atomic E-state index is 0.0269. The van der Waals surface area contributed by atoms with Gasteiger partial charge in [-0.05, 0) is 32.0 Å². The Balaban J connectivity index is 1.67. The summed E-state index contributed by atoms with van der Waals surface area (Å²) in [7, 11) is 0. The fourth-order valence-corrected chi connectivity index (χ4v) is 2.65. The van der Waals surface area contributed by atoms with Gasteiger partial charge in [-0.2, -0.15) is 0 Å². The number of hydrogen-bond donors (Lipinski definition) is 0. The Labute approximate surface area is 122 Å². The lowest BCUT2D eigenvalue weighted by atomic mass is 10.2. The van der Waals surface area contributed by atoms with Crippen molar-refractivity contribution in [2.75, 3.05) is 31.1 Å². The van der Waals surface area contributed by atoms with Gasteiger partial charge in [0.2, 0.25) is 0 Å². The third kappa shape index (κ3) is 2.51. The molecule has 7 nitrogen and oxygen atoms in total. The number of carbonyl (C=O) groups is 1. The SMILES string of the molecule is Cc1cc(C(=O)N2CCN(c3nonc3C)CC2)c(C)o1. The lowest BCUT2D eigenvalue weighted by Crippen LogP contribution is -2.49. The van der Waals surface area contributed by atoms with Crippen molar-refractivity contribution in [1.82, 2.24) is 15.2 Å². The zero-order valence-corrected chi connectivity index (χ0v) is 12.4. The molecule has 21 heavy (non-hydrogen) atoms. The van der Waals surface area contributed by atoms with Crippen LogP contribution in [0.25, 0.3) is 0 Å². The van der Waals surface area contributed by atoms with Gasteiger partial charge in [-0.1, -0.05) is 5.16 Å². The minimum absolute atomic E-state index is 0.0269. The fourth-order valence-electron chi connectivity index (χ4n) is 2.65. The van der Waals surface area contributed by atoms with Gasteiger partial charge in [0.05, 0.1) is 5.56 Å². The van der Waals surface area contributed by atoms with Gasteiger partial charge in [-0.15, -0.1) is 0 Å². The molecule has 3 heterocycles. The van der Waals surface area contributed by atoms with Crippen LogP contribution in [-0.4, -0.2) is 47.3 Å². The van der Waals surface area contributed by atoms with Crippen molar-refractivity contribution in [3.05, 3.63) is 28.8 Å². The Bertz CT molecular complexity index is 653. The summed E-state index contributed by atoms with van der Waals surface area (Å²) < 4.78 is 10.2. The number of rotatable bonds is 2. The molecule has 2 aromatic heterocycles. The molecule has 0 N–H and O–H groups in total. The van der Waals surface area contributed by atoms with E-state index in [-0.39, 0.29) is 5.91 Å². The first-order valence-corrected chi connectivity index (χ1v) is 6.96. The molecule has 112 valence electrons. The molecule has 0 bridgehead atoms. The first-order valence-electron chi connectivity index (χ1n) is 6.96. The van der Waals surface area contributed by atoms with Crippen LogP contribution < -0.4 is 4.90 Å². The highest BCUT2D eigenvalue weighted by Gasteiger charge is 2.26. The number of aromatic nitrogens is 2. The number of nitrogens with zero attached hydrogens (tertiary/aromatic N) is 4. The van der Waals surface area contributed by atoms with Crippen molar-refractivity contribution in [2.45, 2.75) is 20.8 Å². The van der Waals surface area contributed by atoms with E-state index in [4.69, 9.17) is 9.05 Å². The number of carbonyl (C=O) groups excluding carboxylic acids is 1. The molecule has 1 aliphatic heterocycles. The maximum absolute atomic E-state index is 12.5. The molecular weight excluding hydrogens is 272 g/mol. The van der Waals surface area contributed by atoms with Gasteiger partial charge in [0.25, 0.3) is 5.91 Å². The molecule has 0 aromatic carbocycles. The second-order valence-electron chi connectivity index (χ2n) is 5.28. The Kier molecular flexibility index (Phi) is 3.40. The van der Waals surface area contributed by atoms with Gasteiger partial charge in [0.15, 0.2) is 5.82 Å². The topological polar surface area (TPSA) is 75.6 Å². The number of hydrogen-bond acceptors (Lipinski definition) is 6. The molecule has 0 radical (unpaired) electrons. The van der Waals surface area contributed by atoms with Crippen molar-refractivity contribution in [3.63, 3.8) is 0 Å². The fraction of sp³-hybridized carbons (Fsp3) is 0.500. The predicted octanol–water partition coefficient (Wildman–Crippen LogP) is 1.55. The van der Waals surface area contributed by atoms with Gasteiger partial charge in [-0.25, -0.2) is 4.63 Å². The summed E-state index contributed by atoms with van der Waals surface area (Å²) >= 11 is 0.